The Bertz CT molecular complexity index is 1010. The zero-order valence-electron chi connectivity index (χ0n) is 12.8. The average Bonchev–Trinajstić information content (AvgIpc) is 3.15. The van der Waals surface area contributed by atoms with Crippen LogP contribution in [0.4, 0.5) is 5.82 Å². The summed E-state index contributed by atoms with van der Waals surface area (Å²) in [6, 6.07) is 15.3. The molecule has 118 valence electrons. The molecule has 6 heteroatoms. The number of hydrogen-bond donors (Lipinski definition) is 3. The monoisotopic (exact) mass is 317 g/mol. The number of nitrogen functional groups attached to an aromatic ring is 1. The highest BCUT2D eigenvalue weighted by molar-refractivity contribution is 5.90. The second-order valence-corrected chi connectivity index (χ2v) is 5.47. The number of nitrogens with two attached hydrogens (primary N) is 1. The van der Waals surface area contributed by atoms with Crippen molar-refractivity contribution < 1.29 is 5.11 Å². The van der Waals surface area contributed by atoms with E-state index in [4.69, 9.17) is 5.73 Å². The minimum atomic E-state index is -0.109. The van der Waals surface area contributed by atoms with Gasteiger partial charge in [-0.2, -0.15) is 5.10 Å². The standard InChI is InChI=1S/C18H15N5O/c19-18-14(16-3-1-2-13(10-24)21-16)8-11-4-5-12(9-17(11)22-18)15-6-7-20-23-15/h1-9,24H,10H2,(H2,19,22)(H,20,23). The first-order valence-electron chi connectivity index (χ1n) is 7.52. The van der Waals surface area contributed by atoms with Crippen LogP contribution in [0.25, 0.3) is 33.4 Å². The fourth-order valence-corrected chi connectivity index (χ4v) is 2.69. The predicted octanol–water partition coefficient (Wildman–Crippen LogP) is 2.76. The molecule has 0 radical (unpaired) electrons. The molecular formula is C18H15N5O. The molecule has 0 spiro atoms. The van der Waals surface area contributed by atoms with Gasteiger partial charge in [0.05, 0.1) is 29.2 Å². The molecule has 0 bridgehead atoms. The second-order valence-electron chi connectivity index (χ2n) is 5.47. The first kappa shape index (κ1) is 14.3. The molecule has 0 amide bonds. The number of hydrogen-bond acceptors (Lipinski definition) is 5. The fourth-order valence-electron chi connectivity index (χ4n) is 2.69. The number of aliphatic hydroxyl groups excluding tert-OH is 1. The quantitative estimate of drug-likeness (QED) is 0.539. The summed E-state index contributed by atoms with van der Waals surface area (Å²) < 4.78 is 0. The van der Waals surface area contributed by atoms with Gasteiger partial charge in [-0.25, -0.2) is 4.98 Å². The first-order valence-corrected chi connectivity index (χ1v) is 7.52. The number of nitrogens with one attached hydrogen (secondary N) is 1. The summed E-state index contributed by atoms with van der Waals surface area (Å²) >= 11 is 0. The summed E-state index contributed by atoms with van der Waals surface area (Å²) in [5.41, 5.74) is 10.9. The molecule has 4 N–H and O–H groups in total. The first-order chi connectivity index (χ1) is 11.7. The molecule has 0 aliphatic rings. The number of nitrogens with zero attached hydrogens (tertiary/aromatic N) is 3. The summed E-state index contributed by atoms with van der Waals surface area (Å²) in [5.74, 6) is 0.409. The lowest BCUT2D eigenvalue weighted by Gasteiger charge is -2.09. The van der Waals surface area contributed by atoms with Crippen LogP contribution in [0, 0.1) is 0 Å². The number of pyridine rings is 2. The highest BCUT2D eigenvalue weighted by Crippen LogP contribution is 2.29. The molecule has 0 aliphatic carbocycles. The van der Waals surface area contributed by atoms with Gasteiger partial charge in [0, 0.05) is 22.7 Å². The molecule has 0 fully saturated rings. The van der Waals surface area contributed by atoms with Crippen molar-refractivity contribution in [2.45, 2.75) is 6.61 Å². The van der Waals surface area contributed by atoms with Crippen LogP contribution in [0.15, 0.2) is 54.7 Å². The van der Waals surface area contributed by atoms with Crippen LogP contribution in [0.3, 0.4) is 0 Å². The van der Waals surface area contributed by atoms with Crippen molar-refractivity contribution >= 4 is 16.7 Å². The molecule has 0 unspecified atom stereocenters. The molecule has 1 aromatic carbocycles. The van der Waals surface area contributed by atoms with Gasteiger partial charge in [-0.1, -0.05) is 18.2 Å². The number of anilines is 1. The Morgan fingerprint density at radius 1 is 1.04 bits per heavy atom. The summed E-state index contributed by atoms with van der Waals surface area (Å²) in [6.45, 7) is -0.109. The molecular weight excluding hydrogens is 302 g/mol. The zero-order chi connectivity index (χ0) is 16.5. The number of fused-ring (bicyclic) bond motifs is 1. The molecule has 4 rings (SSSR count). The van der Waals surface area contributed by atoms with Crippen LogP contribution < -0.4 is 5.73 Å². The number of rotatable bonds is 3. The third-order valence-corrected chi connectivity index (χ3v) is 3.90. The lowest BCUT2D eigenvalue weighted by molar-refractivity contribution is 0.277. The highest BCUT2D eigenvalue weighted by atomic mass is 16.3. The third-order valence-electron chi connectivity index (χ3n) is 3.90. The smallest absolute Gasteiger partial charge is 0.133 e. The summed E-state index contributed by atoms with van der Waals surface area (Å²) in [4.78, 5) is 8.92. The van der Waals surface area contributed by atoms with Gasteiger partial charge in [-0.05, 0) is 30.3 Å². The summed E-state index contributed by atoms with van der Waals surface area (Å²) in [7, 11) is 0. The molecule has 0 saturated carbocycles. The Balaban J connectivity index is 1.84. The minimum Gasteiger partial charge on any atom is -0.390 e. The van der Waals surface area contributed by atoms with E-state index in [0.717, 1.165) is 27.7 Å². The van der Waals surface area contributed by atoms with Crippen molar-refractivity contribution in [3.05, 3.63) is 60.4 Å². The highest BCUT2D eigenvalue weighted by Gasteiger charge is 2.10. The van der Waals surface area contributed by atoms with E-state index in [-0.39, 0.29) is 6.61 Å². The van der Waals surface area contributed by atoms with Gasteiger partial charge in [-0.15, -0.1) is 0 Å². The van der Waals surface area contributed by atoms with Crippen molar-refractivity contribution in [2.24, 2.45) is 0 Å². The largest absolute Gasteiger partial charge is 0.390 e. The normalized spacial score (nSPS) is 11.0. The zero-order valence-corrected chi connectivity index (χ0v) is 12.8. The Morgan fingerprint density at radius 3 is 2.75 bits per heavy atom. The van der Waals surface area contributed by atoms with Gasteiger partial charge < -0.3 is 10.8 Å². The van der Waals surface area contributed by atoms with Crippen molar-refractivity contribution in [3.8, 4) is 22.5 Å². The van der Waals surface area contributed by atoms with Crippen LogP contribution in [-0.2, 0) is 6.61 Å². The molecule has 0 atom stereocenters. The lowest BCUT2D eigenvalue weighted by atomic mass is 10.1. The topological polar surface area (TPSA) is 101 Å². The Hall–Kier alpha value is -3.25. The van der Waals surface area contributed by atoms with Gasteiger partial charge in [0.1, 0.15) is 5.82 Å². The number of aliphatic hydroxyl groups is 1. The van der Waals surface area contributed by atoms with E-state index < -0.39 is 0 Å². The van der Waals surface area contributed by atoms with E-state index in [0.29, 0.717) is 17.2 Å². The average molecular weight is 317 g/mol. The van der Waals surface area contributed by atoms with Crippen molar-refractivity contribution in [3.63, 3.8) is 0 Å². The van der Waals surface area contributed by atoms with Crippen LogP contribution in [0.1, 0.15) is 5.69 Å². The van der Waals surface area contributed by atoms with E-state index in [9.17, 15) is 5.11 Å². The minimum absolute atomic E-state index is 0.109. The summed E-state index contributed by atoms with van der Waals surface area (Å²) in [5, 5.41) is 17.1. The Morgan fingerprint density at radius 2 is 1.96 bits per heavy atom. The van der Waals surface area contributed by atoms with Gasteiger partial charge >= 0.3 is 0 Å². The maximum Gasteiger partial charge on any atom is 0.133 e. The van der Waals surface area contributed by atoms with Crippen molar-refractivity contribution in [2.75, 3.05) is 5.73 Å². The van der Waals surface area contributed by atoms with E-state index in [1.807, 2.05) is 42.5 Å². The molecule has 3 aromatic heterocycles. The maximum absolute atomic E-state index is 9.25. The maximum atomic E-state index is 9.25. The van der Waals surface area contributed by atoms with Crippen molar-refractivity contribution in [1.82, 2.24) is 20.2 Å². The van der Waals surface area contributed by atoms with Gasteiger partial charge in [-0.3, -0.25) is 10.1 Å². The Labute approximate surface area is 138 Å². The number of aromatic nitrogens is 4. The summed E-state index contributed by atoms with van der Waals surface area (Å²) in [6.07, 6.45) is 1.71. The van der Waals surface area contributed by atoms with Crippen LogP contribution in [-0.4, -0.2) is 25.3 Å². The molecule has 6 nitrogen and oxygen atoms in total. The second kappa shape index (κ2) is 5.75. The van der Waals surface area contributed by atoms with Gasteiger partial charge in [0.2, 0.25) is 0 Å². The van der Waals surface area contributed by atoms with Gasteiger partial charge in [0.15, 0.2) is 0 Å². The Kier molecular flexibility index (Phi) is 3.44. The lowest BCUT2D eigenvalue weighted by Crippen LogP contribution is -1.98. The van der Waals surface area contributed by atoms with E-state index in [1.165, 1.54) is 0 Å². The molecule has 24 heavy (non-hydrogen) atoms. The molecule has 3 heterocycles. The number of H-pyrrole nitrogens is 1. The van der Waals surface area contributed by atoms with Gasteiger partial charge in [0.25, 0.3) is 0 Å². The SMILES string of the molecule is Nc1nc2cc(-c3ccn[nH]3)ccc2cc1-c1cccc(CO)n1. The fraction of sp³-hybridized carbons (Fsp3) is 0.0556. The number of benzene rings is 1. The predicted molar refractivity (Wildman–Crippen MR) is 92.9 cm³/mol. The van der Waals surface area contributed by atoms with E-state index in [2.05, 4.69) is 20.2 Å². The van der Waals surface area contributed by atoms with Crippen LogP contribution in [0.5, 0.6) is 0 Å². The molecule has 0 aliphatic heterocycles. The van der Waals surface area contributed by atoms with E-state index in [1.54, 1.807) is 12.3 Å². The number of aromatic amines is 1. The van der Waals surface area contributed by atoms with Crippen LogP contribution >= 0.6 is 0 Å². The van der Waals surface area contributed by atoms with Crippen LogP contribution in [0.2, 0.25) is 0 Å². The van der Waals surface area contributed by atoms with Crippen molar-refractivity contribution in [1.29, 1.82) is 0 Å². The molecule has 4 aromatic rings. The van der Waals surface area contributed by atoms with E-state index >= 15 is 0 Å². The third kappa shape index (κ3) is 2.49. The molecule has 0 saturated heterocycles.